The molecule has 0 aliphatic heterocycles. The first-order chi connectivity index (χ1) is 8.21. The Morgan fingerprint density at radius 3 is 3.00 bits per heavy atom. The number of carbonyl (C=O) groups excluding carboxylic acids is 1. The quantitative estimate of drug-likeness (QED) is 0.347. The van der Waals surface area contributed by atoms with Crippen LogP contribution in [0.1, 0.15) is 45.4 Å². The third-order valence-electron chi connectivity index (χ3n) is 3.38. The van der Waals surface area contributed by atoms with Crippen LogP contribution in [0.4, 0.5) is 0 Å². The monoisotopic (exact) mass is 239 g/mol. The molecule has 0 saturated heterocycles. The van der Waals surface area contributed by atoms with Crippen LogP contribution in [0.3, 0.4) is 0 Å². The molecule has 0 amide bonds. The first-order valence-corrected chi connectivity index (χ1v) is 6.20. The molecule has 4 heteroatoms. The van der Waals surface area contributed by atoms with E-state index in [0.717, 1.165) is 19.3 Å². The number of nitrogens with zero attached hydrogens (tertiary/aromatic N) is 1. The zero-order valence-electron chi connectivity index (χ0n) is 10.4. The summed E-state index contributed by atoms with van der Waals surface area (Å²) in [5.74, 6) is -0.255. The normalized spacial score (nSPS) is 26.8. The molecule has 1 N–H and O–H groups in total. The van der Waals surface area contributed by atoms with Gasteiger partial charge in [-0.25, -0.2) is 0 Å². The lowest BCUT2D eigenvalue weighted by Crippen LogP contribution is -2.43. The van der Waals surface area contributed by atoms with Crippen molar-refractivity contribution in [1.29, 1.82) is 0 Å². The van der Waals surface area contributed by atoms with Gasteiger partial charge in [-0.1, -0.05) is 17.7 Å². The number of oxime groups is 1. The van der Waals surface area contributed by atoms with E-state index < -0.39 is 5.41 Å². The fourth-order valence-electron chi connectivity index (χ4n) is 2.46. The molecule has 1 aliphatic carbocycles. The summed E-state index contributed by atoms with van der Waals surface area (Å²) in [6.07, 6.45) is 6.44. The van der Waals surface area contributed by atoms with E-state index >= 15 is 0 Å². The van der Waals surface area contributed by atoms with Gasteiger partial charge in [0, 0.05) is 0 Å². The van der Waals surface area contributed by atoms with Crippen molar-refractivity contribution in [3.05, 3.63) is 12.7 Å². The van der Waals surface area contributed by atoms with Gasteiger partial charge in [-0.15, -0.1) is 6.58 Å². The highest BCUT2D eigenvalue weighted by Crippen LogP contribution is 2.39. The topological polar surface area (TPSA) is 58.9 Å². The molecule has 4 nitrogen and oxygen atoms in total. The van der Waals surface area contributed by atoms with Crippen LogP contribution < -0.4 is 0 Å². The van der Waals surface area contributed by atoms with E-state index in [9.17, 15) is 4.79 Å². The maximum atomic E-state index is 12.1. The molecule has 0 aromatic rings. The van der Waals surface area contributed by atoms with Gasteiger partial charge in [0.2, 0.25) is 0 Å². The third-order valence-corrected chi connectivity index (χ3v) is 3.38. The van der Waals surface area contributed by atoms with Gasteiger partial charge in [0.05, 0.1) is 12.3 Å². The van der Waals surface area contributed by atoms with Crippen molar-refractivity contribution in [1.82, 2.24) is 0 Å². The second kappa shape index (κ2) is 6.42. The molecule has 0 aromatic heterocycles. The van der Waals surface area contributed by atoms with E-state index in [1.165, 1.54) is 0 Å². The highest BCUT2D eigenvalue weighted by atomic mass is 16.5. The van der Waals surface area contributed by atoms with Crippen molar-refractivity contribution in [2.75, 3.05) is 6.61 Å². The Kier molecular flexibility index (Phi) is 5.19. The zero-order valence-corrected chi connectivity index (χ0v) is 10.4. The zero-order chi connectivity index (χ0) is 12.7. The first-order valence-electron chi connectivity index (χ1n) is 6.20. The van der Waals surface area contributed by atoms with Crippen LogP contribution in [0.25, 0.3) is 0 Å². The van der Waals surface area contributed by atoms with Crippen LogP contribution in [-0.2, 0) is 9.53 Å². The van der Waals surface area contributed by atoms with Gasteiger partial charge in [-0.05, 0) is 39.0 Å². The molecule has 96 valence electrons. The van der Waals surface area contributed by atoms with Gasteiger partial charge in [0.1, 0.15) is 5.41 Å². The smallest absolute Gasteiger partial charge is 0.317 e. The van der Waals surface area contributed by atoms with Crippen molar-refractivity contribution in [3.63, 3.8) is 0 Å². The van der Waals surface area contributed by atoms with Gasteiger partial charge in [0.15, 0.2) is 0 Å². The lowest BCUT2D eigenvalue weighted by Gasteiger charge is -2.35. The molecule has 0 heterocycles. The molecule has 0 spiro atoms. The minimum absolute atomic E-state index is 0.255. The SMILES string of the molecule is C=CCC[C@]1(C(=O)OCC)CCCC/C1=N/O. The average molecular weight is 239 g/mol. The summed E-state index contributed by atoms with van der Waals surface area (Å²) < 4.78 is 5.15. The van der Waals surface area contributed by atoms with Crippen LogP contribution in [0.15, 0.2) is 17.8 Å². The Bertz CT molecular complexity index is 312. The maximum absolute atomic E-state index is 12.1. The van der Waals surface area contributed by atoms with E-state index in [-0.39, 0.29) is 5.97 Å². The largest absolute Gasteiger partial charge is 0.465 e. The Morgan fingerprint density at radius 1 is 1.65 bits per heavy atom. The number of esters is 1. The lowest BCUT2D eigenvalue weighted by molar-refractivity contribution is -0.152. The average Bonchev–Trinajstić information content (AvgIpc) is 2.36. The Hall–Kier alpha value is -1.32. The van der Waals surface area contributed by atoms with E-state index in [0.29, 0.717) is 31.6 Å². The molecule has 0 bridgehead atoms. The van der Waals surface area contributed by atoms with E-state index in [1.807, 2.05) is 0 Å². The summed E-state index contributed by atoms with van der Waals surface area (Å²) in [5.41, 5.74) is -0.152. The molecule has 1 rings (SSSR count). The van der Waals surface area contributed by atoms with E-state index in [1.54, 1.807) is 13.0 Å². The van der Waals surface area contributed by atoms with Crippen molar-refractivity contribution < 1.29 is 14.7 Å². The molecule has 0 radical (unpaired) electrons. The van der Waals surface area contributed by atoms with Crippen LogP contribution in [0.2, 0.25) is 0 Å². The summed E-state index contributed by atoms with van der Waals surface area (Å²) in [5, 5.41) is 12.4. The van der Waals surface area contributed by atoms with Crippen LogP contribution in [0.5, 0.6) is 0 Å². The molecule has 1 aliphatic rings. The molecule has 0 unspecified atom stereocenters. The predicted octanol–water partition coefficient (Wildman–Crippen LogP) is 2.91. The van der Waals surface area contributed by atoms with Crippen LogP contribution in [-0.4, -0.2) is 23.5 Å². The molecule has 1 saturated carbocycles. The number of allylic oxidation sites excluding steroid dienone is 1. The highest BCUT2D eigenvalue weighted by Gasteiger charge is 2.45. The molecular formula is C13H21NO3. The molecule has 1 atom stereocenters. The second-order valence-electron chi connectivity index (χ2n) is 4.38. The van der Waals surface area contributed by atoms with Gasteiger partial charge >= 0.3 is 5.97 Å². The fraction of sp³-hybridized carbons (Fsp3) is 0.692. The van der Waals surface area contributed by atoms with Crippen molar-refractivity contribution >= 4 is 11.7 Å². The van der Waals surface area contributed by atoms with Gasteiger partial charge in [-0.2, -0.15) is 0 Å². The summed E-state index contributed by atoms with van der Waals surface area (Å²) in [7, 11) is 0. The van der Waals surface area contributed by atoms with Crippen LogP contribution >= 0.6 is 0 Å². The standard InChI is InChI=1S/C13H21NO3/c1-3-5-9-13(12(15)17-4-2)10-7-6-8-11(13)14-16/h3,16H,1,4-10H2,2H3/b14-11-/t13-/m0/s1. The van der Waals surface area contributed by atoms with E-state index in [4.69, 9.17) is 9.94 Å². The molecule has 17 heavy (non-hydrogen) atoms. The minimum atomic E-state index is -0.725. The number of ether oxygens (including phenoxy) is 1. The number of hydrogen-bond donors (Lipinski definition) is 1. The Balaban J connectivity index is 2.97. The Labute approximate surface area is 102 Å². The predicted molar refractivity (Wildman–Crippen MR) is 66.2 cm³/mol. The summed E-state index contributed by atoms with van der Waals surface area (Å²) in [6.45, 7) is 5.82. The molecule has 1 fully saturated rings. The van der Waals surface area contributed by atoms with Crippen molar-refractivity contribution in [3.8, 4) is 0 Å². The van der Waals surface area contributed by atoms with Gasteiger partial charge in [0.25, 0.3) is 0 Å². The van der Waals surface area contributed by atoms with Gasteiger partial charge < -0.3 is 9.94 Å². The number of hydrogen-bond acceptors (Lipinski definition) is 4. The summed E-state index contributed by atoms with van der Waals surface area (Å²) in [4.78, 5) is 12.1. The highest BCUT2D eigenvalue weighted by molar-refractivity contribution is 6.07. The minimum Gasteiger partial charge on any atom is -0.465 e. The van der Waals surface area contributed by atoms with Crippen molar-refractivity contribution in [2.24, 2.45) is 10.6 Å². The third kappa shape index (κ3) is 2.87. The van der Waals surface area contributed by atoms with Crippen LogP contribution in [0, 0.1) is 5.41 Å². The van der Waals surface area contributed by atoms with E-state index in [2.05, 4.69) is 11.7 Å². The summed E-state index contributed by atoms with van der Waals surface area (Å²) >= 11 is 0. The van der Waals surface area contributed by atoms with Crippen molar-refractivity contribution in [2.45, 2.75) is 45.4 Å². The number of rotatable bonds is 5. The molecule has 0 aromatic carbocycles. The Morgan fingerprint density at radius 2 is 2.41 bits per heavy atom. The molecular weight excluding hydrogens is 218 g/mol. The second-order valence-corrected chi connectivity index (χ2v) is 4.38. The maximum Gasteiger partial charge on any atom is 0.317 e. The first kappa shape index (κ1) is 13.7. The lowest BCUT2D eigenvalue weighted by atomic mass is 9.69. The van der Waals surface area contributed by atoms with Gasteiger partial charge in [-0.3, -0.25) is 4.79 Å². The summed E-state index contributed by atoms with van der Waals surface area (Å²) in [6, 6.07) is 0. The number of carbonyl (C=O) groups is 1. The fourth-order valence-corrected chi connectivity index (χ4v) is 2.46.